The Morgan fingerprint density at radius 1 is 1.05 bits per heavy atom. The molecule has 0 spiro atoms. The molecule has 8 heteroatoms. The highest BCUT2D eigenvalue weighted by Gasteiger charge is 2.33. The zero-order valence-corrected chi connectivity index (χ0v) is 12.8. The number of aromatic amines is 2. The maximum Gasteiger partial charge on any atom is 0.306 e. The molecule has 3 heterocycles. The Balaban J connectivity index is 2.03. The highest BCUT2D eigenvalue weighted by atomic mass is 35.5. The van der Waals surface area contributed by atoms with Crippen LogP contribution in [0.3, 0.4) is 0 Å². The van der Waals surface area contributed by atoms with Crippen LogP contribution in [-0.2, 0) is 0 Å². The fourth-order valence-corrected chi connectivity index (χ4v) is 4.47. The Labute approximate surface area is 131 Å². The van der Waals surface area contributed by atoms with Crippen LogP contribution in [0.2, 0.25) is 5.02 Å². The zero-order chi connectivity index (χ0) is 14.6. The summed E-state index contributed by atoms with van der Waals surface area (Å²) in [7, 11) is 0. The van der Waals surface area contributed by atoms with E-state index in [1.54, 1.807) is 6.07 Å². The van der Waals surface area contributed by atoms with Gasteiger partial charge in [0.1, 0.15) is 10.8 Å². The second-order valence-corrected chi connectivity index (χ2v) is 7.00. The molecule has 0 amide bonds. The molecule has 2 aromatic heterocycles. The minimum Gasteiger partial charge on any atom is -0.331 e. The van der Waals surface area contributed by atoms with Crippen molar-refractivity contribution in [1.29, 1.82) is 0 Å². The van der Waals surface area contributed by atoms with Crippen molar-refractivity contribution in [1.82, 2.24) is 9.97 Å². The third kappa shape index (κ3) is 1.97. The van der Waals surface area contributed by atoms with Gasteiger partial charge >= 0.3 is 9.75 Å². The second kappa shape index (κ2) is 4.59. The van der Waals surface area contributed by atoms with Gasteiger partial charge in [0.05, 0.1) is 16.5 Å². The van der Waals surface area contributed by atoms with Gasteiger partial charge in [-0.25, -0.2) is 0 Å². The summed E-state index contributed by atoms with van der Waals surface area (Å²) in [5, 5.41) is 4.42. The predicted molar refractivity (Wildman–Crippen MR) is 85.6 cm³/mol. The number of fused-ring (bicyclic) bond motifs is 2. The molecule has 0 radical (unpaired) electrons. The van der Waals surface area contributed by atoms with Gasteiger partial charge in [-0.05, 0) is 11.6 Å². The molecule has 1 aromatic carbocycles. The maximum absolute atomic E-state index is 11.7. The molecule has 3 aromatic rings. The number of thiazole rings is 2. The molecule has 0 bridgehead atoms. The number of hydrogen-bond donors (Lipinski definition) is 3. The highest BCUT2D eigenvalue weighted by Crippen LogP contribution is 2.46. The SMILES string of the molecule is O=c1[nH]c2c(s1)Nc1[nH]c(=O)sc1C2c1ccccc1Cl. The van der Waals surface area contributed by atoms with Crippen molar-refractivity contribution in [3.63, 3.8) is 0 Å². The first-order valence-electron chi connectivity index (χ1n) is 6.11. The molecule has 1 aliphatic heterocycles. The van der Waals surface area contributed by atoms with E-state index in [4.69, 9.17) is 11.6 Å². The number of rotatable bonds is 1. The Morgan fingerprint density at radius 2 is 1.81 bits per heavy atom. The molecule has 21 heavy (non-hydrogen) atoms. The van der Waals surface area contributed by atoms with Crippen molar-refractivity contribution in [2.75, 3.05) is 5.32 Å². The number of H-pyrrole nitrogens is 2. The van der Waals surface area contributed by atoms with Crippen LogP contribution < -0.4 is 15.1 Å². The minimum absolute atomic E-state index is 0.137. The van der Waals surface area contributed by atoms with Crippen LogP contribution in [0.1, 0.15) is 22.1 Å². The van der Waals surface area contributed by atoms with Crippen LogP contribution in [0.4, 0.5) is 10.8 Å². The summed E-state index contributed by atoms with van der Waals surface area (Å²) in [5.74, 6) is 0.394. The molecule has 0 aliphatic carbocycles. The van der Waals surface area contributed by atoms with Gasteiger partial charge in [-0.2, -0.15) is 0 Å². The van der Waals surface area contributed by atoms with Gasteiger partial charge in [0.15, 0.2) is 0 Å². The van der Waals surface area contributed by atoms with E-state index in [2.05, 4.69) is 15.3 Å². The molecule has 0 fully saturated rings. The molecule has 1 aliphatic rings. The van der Waals surface area contributed by atoms with Crippen molar-refractivity contribution in [3.8, 4) is 0 Å². The van der Waals surface area contributed by atoms with Crippen LogP contribution in [-0.4, -0.2) is 9.97 Å². The first kappa shape index (κ1) is 12.9. The van der Waals surface area contributed by atoms with E-state index >= 15 is 0 Å². The van der Waals surface area contributed by atoms with Gasteiger partial charge in [0, 0.05) is 5.02 Å². The second-order valence-electron chi connectivity index (χ2n) is 4.59. The summed E-state index contributed by atoms with van der Waals surface area (Å²) < 4.78 is 0. The van der Waals surface area contributed by atoms with Gasteiger partial charge in [0.2, 0.25) is 0 Å². The lowest BCUT2D eigenvalue weighted by Crippen LogP contribution is -2.13. The van der Waals surface area contributed by atoms with Gasteiger partial charge in [-0.15, -0.1) is 0 Å². The molecule has 1 unspecified atom stereocenters. The lowest BCUT2D eigenvalue weighted by atomic mass is 9.92. The van der Waals surface area contributed by atoms with E-state index in [0.717, 1.165) is 38.8 Å². The Morgan fingerprint density at radius 3 is 2.62 bits per heavy atom. The lowest BCUT2D eigenvalue weighted by molar-refractivity contribution is 0.933. The molecule has 5 nitrogen and oxygen atoms in total. The third-order valence-corrected chi connectivity index (χ3v) is 5.46. The van der Waals surface area contributed by atoms with Crippen molar-refractivity contribution >= 4 is 45.1 Å². The topological polar surface area (TPSA) is 77.8 Å². The Bertz CT molecular complexity index is 898. The molecule has 0 saturated heterocycles. The predicted octanol–water partition coefficient (Wildman–Crippen LogP) is 3.08. The summed E-state index contributed by atoms with van der Waals surface area (Å²) in [4.78, 5) is 29.5. The van der Waals surface area contributed by atoms with E-state index in [0.29, 0.717) is 15.8 Å². The van der Waals surface area contributed by atoms with Crippen molar-refractivity contribution in [3.05, 3.63) is 64.8 Å². The quantitative estimate of drug-likeness (QED) is 0.499. The molecule has 0 saturated carbocycles. The molecule has 106 valence electrons. The van der Waals surface area contributed by atoms with E-state index < -0.39 is 0 Å². The van der Waals surface area contributed by atoms with E-state index in [9.17, 15) is 9.59 Å². The third-order valence-electron chi connectivity index (χ3n) is 3.36. The molecule has 4 rings (SSSR count). The smallest absolute Gasteiger partial charge is 0.306 e. The van der Waals surface area contributed by atoms with E-state index in [1.807, 2.05) is 18.2 Å². The molecule has 3 N–H and O–H groups in total. The highest BCUT2D eigenvalue weighted by molar-refractivity contribution is 7.14. The Kier molecular flexibility index (Phi) is 2.81. The Hall–Kier alpha value is -1.83. The van der Waals surface area contributed by atoms with Crippen LogP contribution in [0.15, 0.2) is 33.9 Å². The molecule has 1 atom stereocenters. The first-order valence-corrected chi connectivity index (χ1v) is 8.12. The standard InChI is InChI=1S/C13H8ClN3O2S2/c14-6-4-2-1-3-5(6)7-8-11(21-12(18)15-8)16-10-9(7)20-13(19)17-10/h1-4,7,16H,(H,15,18)(H,17,19). The first-order chi connectivity index (χ1) is 10.1. The fraction of sp³-hybridized carbons (Fsp3) is 0.0769. The summed E-state index contributed by atoms with van der Waals surface area (Å²) >= 11 is 8.52. The number of halogens is 1. The van der Waals surface area contributed by atoms with Crippen LogP contribution in [0.5, 0.6) is 0 Å². The summed E-state index contributed by atoms with van der Waals surface area (Å²) in [6.07, 6.45) is 0. The summed E-state index contributed by atoms with van der Waals surface area (Å²) in [6, 6.07) is 7.46. The number of anilines is 2. The number of hydrogen-bond acceptors (Lipinski definition) is 5. The molecular formula is C13H8ClN3O2S2. The fourth-order valence-electron chi connectivity index (χ4n) is 2.52. The zero-order valence-electron chi connectivity index (χ0n) is 10.4. The van der Waals surface area contributed by atoms with Gasteiger partial charge in [-0.3, -0.25) is 14.6 Å². The maximum atomic E-state index is 11.7. The van der Waals surface area contributed by atoms with E-state index in [-0.39, 0.29) is 15.7 Å². The number of nitrogens with one attached hydrogen (secondary N) is 3. The van der Waals surface area contributed by atoms with Crippen LogP contribution in [0, 0.1) is 0 Å². The van der Waals surface area contributed by atoms with Gasteiger partial charge in [-0.1, -0.05) is 52.5 Å². The summed E-state index contributed by atoms with van der Waals surface area (Å²) in [6.45, 7) is 0. The molecular weight excluding hydrogens is 330 g/mol. The average molecular weight is 338 g/mol. The monoisotopic (exact) mass is 337 g/mol. The van der Waals surface area contributed by atoms with Crippen molar-refractivity contribution < 1.29 is 0 Å². The van der Waals surface area contributed by atoms with Crippen molar-refractivity contribution in [2.24, 2.45) is 0 Å². The lowest BCUT2D eigenvalue weighted by Gasteiger charge is -2.23. The number of aromatic nitrogens is 2. The largest absolute Gasteiger partial charge is 0.331 e. The van der Waals surface area contributed by atoms with Crippen molar-refractivity contribution in [2.45, 2.75) is 5.92 Å². The van der Waals surface area contributed by atoms with E-state index in [1.165, 1.54) is 0 Å². The van der Waals surface area contributed by atoms with Gasteiger partial charge < -0.3 is 10.3 Å². The summed E-state index contributed by atoms with van der Waals surface area (Å²) in [5.41, 5.74) is 1.62. The number of benzene rings is 1. The van der Waals surface area contributed by atoms with Crippen LogP contribution >= 0.6 is 34.3 Å². The van der Waals surface area contributed by atoms with Gasteiger partial charge in [0.25, 0.3) is 0 Å². The van der Waals surface area contributed by atoms with Crippen LogP contribution in [0.25, 0.3) is 0 Å². The average Bonchev–Trinajstić information content (AvgIpc) is 2.97. The normalized spacial score (nSPS) is 16.1. The minimum atomic E-state index is -0.243.